The summed E-state index contributed by atoms with van der Waals surface area (Å²) >= 11 is 0. The van der Waals surface area contributed by atoms with Gasteiger partial charge in [-0.2, -0.15) is 4.89 Å². The van der Waals surface area contributed by atoms with E-state index in [0.29, 0.717) is 0 Å². The zero-order valence-corrected chi connectivity index (χ0v) is 23.7. The number of aliphatic hydroxyl groups excluding tert-OH is 6. The van der Waals surface area contributed by atoms with Gasteiger partial charge < -0.3 is 74.2 Å². The molecule has 0 radical (unpaired) electrons. The van der Waals surface area contributed by atoms with Crippen LogP contribution >= 0.6 is 0 Å². The molecule has 3 aromatic rings. The largest absolute Gasteiger partial charge is 0.508 e. The van der Waals surface area contributed by atoms with Crippen molar-refractivity contribution in [3.63, 3.8) is 0 Å². The molecule has 9 N–H and O–H groups in total. The number of hydrogen-bond donors (Lipinski definition) is 9. The summed E-state index contributed by atoms with van der Waals surface area (Å²) in [6, 6.07) is 5.81. The molecule has 0 unspecified atom stereocenters. The quantitative estimate of drug-likeness (QED) is 0.101. The first kappa shape index (κ1) is 32.6. The number of benzene rings is 2. The third kappa shape index (κ3) is 6.10. The second-order valence-electron chi connectivity index (χ2n) is 10.5. The van der Waals surface area contributed by atoms with Gasteiger partial charge in [0.25, 0.3) is 5.75 Å². The van der Waals surface area contributed by atoms with Gasteiger partial charge in [-0.05, 0) is 25.1 Å². The minimum absolute atomic E-state index is 0.0181. The Hall–Kier alpha value is -3.75. The highest BCUT2D eigenvalue weighted by atomic mass is 17.2. The molecule has 0 saturated carbocycles. The van der Waals surface area contributed by atoms with E-state index in [1.165, 1.54) is 32.2 Å². The maximum absolute atomic E-state index is 13.6. The van der Waals surface area contributed by atoms with Crippen molar-refractivity contribution in [3.8, 4) is 40.1 Å². The minimum Gasteiger partial charge on any atom is -0.508 e. The van der Waals surface area contributed by atoms with Crippen LogP contribution in [0, 0.1) is 0 Å². The monoisotopic (exact) mass is 640 g/mol. The number of aliphatic hydroxyl groups is 6. The van der Waals surface area contributed by atoms with Gasteiger partial charge in [-0.25, -0.2) is 0 Å². The highest BCUT2D eigenvalue weighted by Crippen LogP contribution is 2.39. The van der Waals surface area contributed by atoms with Gasteiger partial charge in [0.2, 0.25) is 11.7 Å². The van der Waals surface area contributed by atoms with Crippen LogP contribution in [0.15, 0.2) is 39.5 Å². The second kappa shape index (κ2) is 12.9. The molecule has 0 bridgehead atoms. The average molecular weight is 641 g/mol. The lowest BCUT2D eigenvalue weighted by Gasteiger charge is -2.45. The zero-order valence-electron chi connectivity index (χ0n) is 23.7. The lowest BCUT2D eigenvalue weighted by atomic mass is 9.97. The maximum Gasteiger partial charge on any atom is 0.256 e. The van der Waals surface area contributed by atoms with Gasteiger partial charge >= 0.3 is 0 Å². The fourth-order valence-electron chi connectivity index (χ4n) is 5.01. The summed E-state index contributed by atoms with van der Waals surface area (Å²) in [6.45, 7) is 0.599. The second-order valence-corrected chi connectivity index (χ2v) is 10.5. The number of hydrogen-bond acceptors (Lipinski definition) is 17. The van der Waals surface area contributed by atoms with Crippen molar-refractivity contribution in [1.82, 2.24) is 0 Å². The Labute approximate surface area is 253 Å². The molecule has 2 aromatic carbocycles. The van der Waals surface area contributed by atoms with Gasteiger partial charge in [-0.15, -0.1) is 0 Å². The summed E-state index contributed by atoms with van der Waals surface area (Å²) in [5.41, 5.74) is -1.14. The van der Waals surface area contributed by atoms with E-state index >= 15 is 0 Å². The van der Waals surface area contributed by atoms with Crippen molar-refractivity contribution >= 4 is 11.0 Å². The van der Waals surface area contributed by atoms with Gasteiger partial charge in [0.1, 0.15) is 65.2 Å². The van der Waals surface area contributed by atoms with Crippen LogP contribution in [0.2, 0.25) is 0 Å². The first-order valence-electron chi connectivity index (χ1n) is 13.6. The van der Waals surface area contributed by atoms with E-state index in [0.717, 1.165) is 12.1 Å². The number of phenolic OH excluding ortho intramolecular Hbond substituents is 3. The first-order chi connectivity index (χ1) is 21.4. The normalized spacial score (nSPS) is 32.0. The molecule has 17 nitrogen and oxygen atoms in total. The summed E-state index contributed by atoms with van der Waals surface area (Å²) in [5, 5.41) is 91.5. The van der Waals surface area contributed by atoms with E-state index in [4.69, 9.17) is 33.1 Å². The molecule has 246 valence electrons. The van der Waals surface area contributed by atoms with E-state index in [-0.39, 0.29) is 28.4 Å². The van der Waals surface area contributed by atoms with Crippen molar-refractivity contribution < 1.29 is 79.1 Å². The Bertz CT molecular complexity index is 1570. The molecule has 10 atom stereocenters. The van der Waals surface area contributed by atoms with Crippen molar-refractivity contribution in [3.05, 3.63) is 40.6 Å². The van der Waals surface area contributed by atoms with E-state index < -0.39 is 96.1 Å². The molecule has 2 aliphatic rings. The van der Waals surface area contributed by atoms with Crippen LogP contribution in [-0.4, -0.2) is 121 Å². The molecular weight excluding hydrogens is 608 g/mol. The van der Waals surface area contributed by atoms with Gasteiger partial charge in [-0.3, -0.25) is 4.79 Å². The van der Waals surface area contributed by atoms with Crippen LogP contribution in [0.1, 0.15) is 6.92 Å². The van der Waals surface area contributed by atoms with Crippen LogP contribution in [0.25, 0.3) is 22.3 Å². The Morgan fingerprint density at radius 2 is 1.58 bits per heavy atom. The fraction of sp³-hybridized carbons (Fsp3) is 0.464. The number of rotatable bonds is 8. The lowest BCUT2D eigenvalue weighted by Crippen LogP contribution is -2.64. The van der Waals surface area contributed by atoms with Gasteiger partial charge in [0, 0.05) is 17.7 Å². The Morgan fingerprint density at radius 3 is 2.27 bits per heavy atom. The van der Waals surface area contributed by atoms with Crippen LogP contribution < -0.4 is 15.1 Å². The third-order valence-electron chi connectivity index (χ3n) is 7.51. The summed E-state index contributed by atoms with van der Waals surface area (Å²) in [5.74, 6) is -2.36. The number of fused-ring (bicyclic) bond motifs is 1. The number of ether oxygens (including phenoxy) is 4. The van der Waals surface area contributed by atoms with Crippen LogP contribution in [0.4, 0.5) is 0 Å². The average Bonchev–Trinajstić information content (AvgIpc) is 3.00. The number of methoxy groups -OCH3 is 1. The predicted molar refractivity (Wildman–Crippen MR) is 146 cm³/mol. The molecule has 3 heterocycles. The third-order valence-corrected chi connectivity index (χ3v) is 7.51. The molecule has 2 fully saturated rings. The summed E-state index contributed by atoms with van der Waals surface area (Å²) in [7, 11) is 1.28. The molecule has 0 spiro atoms. The molecule has 45 heavy (non-hydrogen) atoms. The smallest absolute Gasteiger partial charge is 0.256 e. The molecule has 5 rings (SSSR count). The maximum atomic E-state index is 13.6. The minimum atomic E-state index is -1.89. The summed E-state index contributed by atoms with van der Waals surface area (Å²) < 4.78 is 27.5. The Balaban J connectivity index is 1.52. The van der Waals surface area contributed by atoms with Crippen molar-refractivity contribution in [2.45, 2.75) is 68.3 Å². The SMILES string of the molecule is COc1cc(-c2oc3cc(O)cc(O)c3c(=O)c2OO[C@@H]2O[C@@H](C)[C@H](O)[C@@H](O)[C@H]2O[C@@H]2O[C@H](CO)[C@@H](O)[C@H](O)[C@H]2O)ccc1O. The van der Waals surface area contributed by atoms with E-state index in [9.17, 15) is 50.8 Å². The molecule has 0 aliphatic carbocycles. The highest BCUT2D eigenvalue weighted by Gasteiger charge is 2.51. The van der Waals surface area contributed by atoms with Crippen LogP contribution in [-0.2, 0) is 19.1 Å². The molecule has 2 aliphatic heterocycles. The van der Waals surface area contributed by atoms with Crippen LogP contribution in [0.3, 0.4) is 0 Å². The predicted octanol–water partition coefficient (Wildman–Crippen LogP) is -1.45. The number of phenols is 3. The first-order valence-corrected chi connectivity index (χ1v) is 13.6. The van der Waals surface area contributed by atoms with E-state index in [1.54, 1.807) is 0 Å². The number of aromatic hydroxyl groups is 3. The van der Waals surface area contributed by atoms with Gasteiger partial charge in [0.05, 0.1) is 19.8 Å². The summed E-state index contributed by atoms with van der Waals surface area (Å²) in [4.78, 5) is 24.4. The van der Waals surface area contributed by atoms with Crippen molar-refractivity contribution in [1.29, 1.82) is 0 Å². The van der Waals surface area contributed by atoms with Crippen molar-refractivity contribution in [2.75, 3.05) is 13.7 Å². The Morgan fingerprint density at radius 1 is 0.844 bits per heavy atom. The fourth-order valence-corrected chi connectivity index (χ4v) is 5.01. The molecular formula is C28H32O17. The van der Waals surface area contributed by atoms with Crippen molar-refractivity contribution in [2.24, 2.45) is 0 Å². The van der Waals surface area contributed by atoms with Crippen LogP contribution in [0.5, 0.6) is 28.7 Å². The molecule has 1 aromatic heterocycles. The topological polar surface area (TPSA) is 268 Å². The van der Waals surface area contributed by atoms with E-state index in [1.807, 2.05) is 0 Å². The van der Waals surface area contributed by atoms with Gasteiger partial charge in [0.15, 0.2) is 23.5 Å². The molecule has 0 amide bonds. The summed E-state index contributed by atoms with van der Waals surface area (Å²) in [6.07, 6.45) is -16.6. The highest BCUT2D eigenvalue weighted by molar-refractivity contribution is 5.88. The lowest BCUT2D eigenvalue weighted by molar-refractivity contribution is -0.411. The zero-order chi connectivity index (χ0) is 32.7. The Kier molecular flexibility index (Phi) is 9.38. The molecule has 2 saturated heterocycles. The van der Waals surface area contributed by atoms with E-state index in [2.05, 4.69) is 0 Å². The van der Waals surface area contributed by atoms with Gasteiger partial charge in [-0.1, -0.05) is 0 Å². The molecule has 17 heteroatoms. The standard InChI is InChI=1S/C28H32O17/c1-9-18(33)22(37)26(43-27-23(38)21(36)19(34)16(8-29)42-27)28(40-9)45-44-25-20(35)17-13(32)6-11(30)7-15(17)41-24(25)10-3-4-12(31)14(5-10)39-2/h3-7,9,16,18-19,21-23,26-34,36-38H,8H2,1-2H3/t9-,16+,18-,19+,21-,22+,23+,26+,27-,28-/m0/s1.